The van der Waals surface area contributed by atoms with Gasteiger partial charge in [-0.3, -0.25) is 4.79 Å². The molecule has 1 fully saturated rings. The smallest absolute Gasteiger partial charge is 0.268 e. The van der Waals surface area contributed by atoms with Crippen molar-refractivity contribution in [2.75, 3.05) is 18.0 Å². The number of anilines is 1. The Kier molecular flexibility index (Phi) is 5.59. The van der Waals surface area contributed by atoms with E-state index in [2.05, 4.69) is 22.3 Å². The monoisotopic (exact) mass is 408 g/mol. The summed E-state index contributed by atoms with van der Waals surface area (Å²) in [6, 6.07) is 13.3. The van der Waals surface area contributed by atoms with Crippen LogP contribution in [-0.2, 0) is 19.1 Å². The second kappa shape index (κ2) is 8.31. The van der Waals surface area contributed by atoms with E-state index >= 15 is 0 Å². The molecule has 0 unspecified atom stereocenters. The summed E-state index contributed by atoms with van der Waals surface area (Å²) in [5.41, 5.74) is 0.576. The first-order valence-corrected chi connectivity index (χ1v) is 10.4. The van der Waals surface area contributed by atoms with E-state index < -0.39 is 11.6 Å². The summed E-state index contributed by atoms with van der Waals surface area (Å²) in [5.74, 6) is 0.555. The molecule has 1 aliphatic rings. The van der Waals surface area contributed by atoms with Crippen LogP contribution in [0.5, 0.6) is 0 Å². The number of benzene rings is 1. The van der Waals surface area contributed by atoms with Crippen molar-refractivity contribution >= 4 is 11.9 Å². The van der Waals surface area contributed by atoms with E-state index in [0.29, 0.717) is 25.2 Å². The molecule has 8 heteroatoms. The number of aryl methyl sites for hydroxylation is 2. The van der Waals surface area contributed by atoms with E-state index in [-0.39, 0.29) is 5.91 Å². The quantitative estimate of drug-likeness (QED) is 0.651. The summed E-state index contributed by atoms with van der Waals surface area (Å²) < 4.78 is 3.65. The summed E-state index contributed by atoms with van der Waals surface area (Å²) >= 11 is 0. The van der Waals surface area contributed by atoms with Crippen LogP contribution in [0.4, 0.5) is 5.95 Å². The minimum Gasteiger partial charge on any atom is -0.388 e. The Balaban J connectivity index is 1.64. The van der Waals surface area contributed by atoms with E-state index in [4.69, 9.17) is 0 Å². The van der Waals surface area contributed by atoms with Crippen LogP contribution in [0.3, 0.4) is 0 Å². The van der Waals surface area contributed by atoms with Crippen LogP contribution in [0.15, 0.2) is 55.0 Å². The fourth-order valence-electron chi connectivity index (χ4n) is 4.24. The highest BCUT2D eigenvalue weighted by atomic mass is 16.3. The first-order valence-electron chi connectivity index (χ1n) is 10.4. The topological polar surface area (TPSA) is 88.2 Å². The largest absolute Gasteiger partial charge is 0.388 e. The molecule has 2 atom stereocenters. The average Bonchev–Trinajstić information content (AvgIpc) is 3.39. The van der Waals surface area contributed by atoms with Crippen LogP contribution >= 0.6 is 0 Å². The van der Waals surface area contributed by atoms with Gasteiger partial charge in [-0.05, 0) is 30.5 Å². The number of nitrogens with one attached hydrogen (secondary N) is 1. The number of aliphatic hydroxyl groups is 1. The number of amides is 1. The standard InChI is InChI=1S/C22H28N6O2/c1-3-12-28-21(23-16-24-28)27-14-11-22(19(29)15-27,17-8-5-4-6-9-17)25-20(30)18-10-7-13-26(18)2/h4-10,13,16,19,29H,3,11-12,14-15H2,1-2H3,(H,25,30)/t19-,22-/m1/s1. The normalized spacial score (nSPS) is 21.6. The number of hydrogen-bond donors (Lipinski definition) is 2. The molecule has 3 heterocycles. The third kappa shape index (κ3) is 3.59. The molecule has 1 amide bonds. The van der Waals surface area contributed by atoms with E-state index in [0.717, 1.165) is 24.5 Å². The lowest BCUT2D eigenvalue weighted by atomic mass is 9.78. The van der Waals surface area contributed by atoms with Gasteiger partial charge >= 0.3 is 0 Å². The van der Waals surface area contributed by atoms with Crippen molar-refractivity contribution in [2.45, 2.75) is 38.0 Å². The summed E-state index contributed by atoms with van der Waals surface area (Å²) in [4.78, 5) is 19.5. The van der Waals surface area contributed by atoms with Gasteiger partial charge in [0.05, 0.1) is 11.6 Å². The minimum absolute atomic E-state index is 0.201. The van der Waals surface area contributed by atoms with Crippen LogP contribution in [0, 0.1) is 0 Å². The summed E-state index contributed by atoms with van der Waals surface area (Å²) in [5, 5.41) is 18.8. The second-order valence-corrected chi connectivity index (χ2v) is 7.79. The lowest BCUT2D eigenvalue weighted by Gasteiger charge is -2.46. The minimum atomic E-state index is -0.880. The lowest BCUT2D eigenvalue weighted by Crippen LogP contribution is -2.62. The predicted molar refractivity (Wildman–Crippen MR) is 114 cm³/mol. The molecule has 4 rings (SSSR count). The number of hydrogen-bond acceptors (Lipinski definition) is 5. The van der Waals surface area contributed by atoms with Crippen LogP contribution in [0.1, 0.15) is 35.8 Å². The third-order valence-electron chi connectivity index (χ3n) is 5.85. The molecular formula is C22H28N6O2. The first kappa shape index (κ1) is 20.2. The lowest BCUT2D eigenvalue weighted by molar-refractivity contribution is 0.0357. The van der Waals surface area contributed by atoms with Gasteiger partial charge in [0, 0.05) is 32.9 Å². The Hall–Kier alpha value is -3.13. The molecule has 0 bridgehead atoms. The zero-order valence-corrected chi connectivity index (χ0v) is 17.4. The number of nitrogens with zero attached hydrogens (tertiary/aromatic N) is 5. The number of rotatable bonds is 6. The summed E-state index contributed by atoms with van der Waals surface area (Å²) in [7, 11) is 1.84. The maximum atomic E-state index is 13.1. The van der Waals surface area contributed by atoms with Gasteiger partial charge in [0.1, 0.15) is 12.0 Å². The molecule has 158 valence electrons. The average molecular weight is 409 g/mol. The molecular weight excluding hydrogens is 380 g/mol. The van der Waals surface area contributed by atoms with Gasteiger partial charge in [-0.1, -0.05) is 37.3 Å². The SMILES string of the molecule is CCCn1ncnc1N1CC[C@@](NC(=O)c2cccn2C)(c2ccccc2)[C@H](O)C1. The molecule has 0 spiro atoms. The molecule has 0 radical (unpaired) electrons. The number of aromatic nitrogens is 4. The van der Waals surface area contributed by atoms with Gasteiger partial charge in [0.2, 0.25) is 5.95 Å². The van der Waals surface area contributed by atoms with Gasteiger partial charge in [0.25, 0.3) is 5.91 Å². The van der Waals surface area contributed by atoms with Crippen molar-refractivity contribution in [3.8, 4) is 0 Å². The zero-order chi connectivity index (χ0) is 21.1. The highest BCUT2D eigenvalue weighted by Gasteiger charge is 2.46. The van der Waals surface area contributed by atoms with Crippen LogP contribution < -0.4 is 10.2 Å². The van der Waals surface area contributed by atoms with Gasteiger partial charge in [-0.2, -0.15) is 10.1 Å². The summed E-state index contributed by atoms with van der Waals surface area (Å²) in [6.45, 7) is 3.86. The fraction of sp³-hybridized carbons (Fsp3) is 0.409. The molecule has 1 aromatic carbocycles. The van der Waals surface area contributed by atoms with E-state index in [1.54, 1.807) is 17.0 Å². The fourth-order valence-corrected chi connectivity index (χ4v) is 4.24. The Labute approximate surface area is 176 Å². The Morgan fingerprint density at radius 3 is 2.73 bits per heavy atom. The number of piperidine rings is 1. The van der Waals surface area contributed by atoms with Gasteiger partial charge in [-0.25, -0.2) is 4.68 Å². The molecule has 8 nitrogen and oxygen atoms in total. The van der Waals surface area contributed by atoms with Gasteiger partial charge in [-0.15, -0.1) is 0 Å². The summed E-state index contributed by atoms with van der Waals surface area (Å²) in [6.07, 6.45) is 4.07. The van der Waals surface area contributed by atoms with Crippen molar-refractivity contribution in [3.63, 3.8) is 0 Å². The van der Waals surface area contributed by atoms with Gasteiger partial charge in [0.15, 0.2) is 0 Å². The molecule has 2 N–H and O–H groups in total. The molecule has 2 aromatic heterocycles. The van der Waals surface area contributed by atoms with Gasteiger partial charge < -0.3 is 19.9 Å². The highest BCUT2D eigenvalue weighted by molar-refractivity contribution is 5.93. The molecule has 0 aliphatic carbocycles. The maximum Gasteiger partial charge on any atom is 0.268 e. The predicted octanol–water partition coefficient (Wildman–Crippen LogP) is 1.92. The van der Waals surface area contributed by atoms with Crippen molar-refractivity contribution < 1.29 is 9.90 Å². The maximum absolute atomic E-state index is 13.1. The second-order valence-electron chi connectivity index (χ2n) is 7.79. The molecule has 1 aliphatic heterocycles. The van der Waals surface area contributed by atoms with Crippen molar-refractivity contribution in [1.29, 1.82) is 0 Å². The van der Waals surface area contributed by atoms with Crippen molar-refractivity contribution in [2.24, 2.45) is 7.05 Å². The number of carbonyl (C=O) groups excluding carboxylic acids is 1. The highest BCUT2D eigenvalue weighted by Crippen LogP contribution is 2.35. The number of carbonyl (C=O) groups is 1. The third-order valence-corrected chi connectivity index (χ3v) is 5.85. The zero-order valence-electron chi connectivity index (χ0n) is 17.4. The van der Waals surface area contributed by atoms with Crippen molar-refractivity contribution in [3.05, 3.63) is 66.2 Å². The number of aliphatic hydroxyl groups excluding tert-OH is 1. The molecule has 0 saturated carbocycles. The Morgan fingerprint density at radius 2 is 2.07 bits per heavy atom. The van der Waals surface area contributed by atoms with Crippen molar-refractivity contribution in [1.82, 2.24) is 24.6 Å². The molecule has 1 saturated heterocycles. The Bertz CT molecular complexity index is 998. The van der Waals surface area contributed by atoms with Crippen LogP contribution in [0.25, 0.3) is 0 Å². The van der Waals surface area contributed by atoms with E-state index in [1.807, 2.05) is 59.2 Å². The number of β-amino-alcohol motifs (C(OH)–C–C–N with tert-alkyl or cyclic N) is 1. The van der Waals surface area contributed by atoms with Crippen LogP contribution in [-0.4, -0.2) is 49.5 Å². The Morgan fingerprint density at radius 1 is 1.27 bits per heavy atom. The van der Waals surface area contributed by atoms with Crippen LogP contribution in [0.2, 0.25) is 0 Å². The molecule has 3 aromatic rings. The first-order chi connectivity index (χ1) is 14.5. The molecule has 30 heavy (non-hydrogen) atoms. The van der Waals surface area contributed by atoms with E-state index in [1.165, 1.54) is 0 Å². The van der Waals surface area contributed by atoms with E-state index in [9.17, 15) is 9.90 Å².